The van der Waals surface area contributed by atoms with Gasteiger partial charge in [0.25, 0.3) is 5.91 Å². The number of hydrogen-bond donors (Lipinski definition) is 0. The van der Waals surface area contributed by atoms with Gasteiger partial charge in [0.05, 0.1) is 5.69 Å². The summed E-state index contributed by atoms with van der Waals surface area (Å²) in [4.78, 5) is 26.0. The van der Waals surface area contributed by atoms with Crippen LogP contribution in [-0.2, 0) is 0 Å². The lowest BCUT2D eigenvalue weighted by molar-refractivity contribution is 0.0827. The van der Waals surface area contributed by atoms with Crippen LogP contribution in [0.1, 0.15) is 15.9 Å². The predicted octanol–water partition coefficient (Wildman–Crippen LogP) is 3.80. The minimum absolute atomic E-state index is 0.0219. The van der Waals surface area contributed by atoms with Crippen molar-refractivity contribution in [3.63, 3.8) is 0 Å². The fraction of sp³-hybridized carbons (Fsp3) is 0.200. The van der Waals surface area contributed by atoms with Gasteiger partial charge in [0.1, 0.15) is 17.2 Å². The standard InChI is InChI=1S/C15H13F3N2O2S/c1-8-7-23-13(18)12(8)19(2)15(22)20(3)14(21)11-9(16)5-4-6-10(11)17/h4-7H,1-3H3. The molecule has 0 radical (unpaired) electrons. The Morgan fingerprint density at radius 3 is 2.13 bits per heavy atom. The Balaban J connectivity index is 2.31. The number of anilines is 1. The first kappa shape index (κ1) is 17.0. The quantitative estimate of drug-likeness (QED) is 0.833. The molecule has 2 aromatic rings. The second-order valence-electron chi connectivity index (χ2n) is 4.84. The van der Waals surface area contributed by atoms with E-state index in [-0.39, 0.29) is 5.69 Å². The Bertz CT molecular complexity index is 736. The van der Waals surface area contributed by atoms with Crippen molar-refractivity contribution in [2.24, 2.45) is 0 Å². The largest absolute Gasteiger partial charge is 0.331 e. The van der Waals surface area contributed by atoms with Gasteiger partial charge in [-0.1, -0.05) is 6.07 Å². The first-order valence-electron chi connectivity index (χ1n) is 6.49. The van der Waals surface area contributed by atoms with Gasteiger partial charge in [-0.05, 0) is 30.0 Å². The highest BCUT2D eigenvalue weighted by molar-refractivity contribution is 7.08. The van der Waals surface area contributed by atoms with E-state index in [2.05, 4.69) is 0 Å². The zero-order valence-electron chi connectivity index (χ0n) is 12.6. The van der Waals surface area contributed by atoms with E-state index in [1.54, 1.807) is 6.92 Å². The molecule has 0 aliphatic heterocycles. The number of amides is 3. The molecule has 1 aromatic carbocycles. The van der Waals surface area contributed by atoms with E-state index in [1.807, 2.05) is 0 Å². The summed E-state index contributed by atoms with van der Waals surface area (Å²) in [6.07, 6.45) is 0. The lowest BCUT2D eigenvalue weighted by Crippen LogP contribution is -2.43. The van der Waals surface area contributed by atoms with Crippen LogP contribution in [-0.4, -0.2) is 30.9 Å². The average Bonchev–Trinajstić information content (AvgIpc) is 2.83. The summed E-state index contributed by atoms with van der Waals surface area (Å²) in [6, 6.07) is 2.04. The molecule has 1 aromatic heterocycles. The predicted molar refractivity (Wildman–Crippen MR) is 81.3 cm³/mol. The molecule has 0 spiro atoms. The van der Waals surface area contributed by atoms with Gasteiger partial charge in [-0.2, -0.15) is 4.39 Å². The van der Waals surface area contributed by atoms with Crippen molar-refractivity contribution in [3.05, 3.63) is 51.5 Å². The van der Waals surface area contributed by atoms with E-state index in [0.29, 0.717) is 10.5 Å². The van der Waals surface area contributed by atoms with Crippen LogP contribution in [0.3, 0.4) is 0 Å². The number of halogens is 3. The molecule has 0 saturated heterocycles. The van der Waals surface area contributed by atoms with Crippen molar-refractivity contribution < 1.29 is 22.8 Å². The molecule has 2 rings (SSSR count). The number of imide groups is 1. The van der Waals surface area contributed by atoms with Crippen LogP contribution >= 0.6 is 11.3 Å². The summed E-state index contributed by atoms with van der Waals surface area (Å²) in [5.74, 6) is -3.30. The Labute approximate surface area is 134 Å². The highest BCUT2D eigenvalue weighted by atomic mass is 32.1. The van der Waals surface area contributed by atoms with Gasteiger partial charge in [0.2, 0.25) is 5.13 Å². The molecule has 0 bridgehead atoms. The number of benzene rings is 1. The molecule has 0 N–H and O–H groups in total. The summed E-state index contributed by atoms with van der Waals surface area (Å²) in [7, 11) is 2.36. The van der Waals surface area contributed by atoms with E-state index >= 15 is 0 Å². The SMILES string of the molecule is Cc1csc(F)c1N(C)C(=O)N(C)C(=O)c1c(F)cccc1F. The number of nitrogens with zero attached hydrogens (tertiary/aromatic N) is 2. The van der Waals surface area contributed by atoms with Crippen molar-refractivity contribution in [1.82, 2.24) is 4.90 Å². The summed E-state index contributed by atoms with van der Waals surface area (Å²) >= 11 is 0.814. The zero-order valence-corrected chi connectivity index (χ0v) is 13.4. The molecular weight excluding hydrogens is 329 g/mol. The molecule has 0 saturated carbocycles. The Kier molecular flexibility index (Phi) is 4.74. The van der Waals surface area contributed by atoms with Crippen molar-refractivity contribution in [2.75, 3.05) is 19.0 Å². The maximum atomic E-state index is 13.7. The molecule has 8 heteroatoms. The molecule has 0 unspecified atom stereocenters. The lowest BCUT2D eigenvalue weighted by atomic mass is 10.1. The maximum Gasteiger partial charge on any atom is 0.331 e. The van der Waals surface area contributed by atoms with Crippen molar-refractivity contribution in [1.29, 1.82) is 0 Å². The topological polar surface area (TPSA) is 40.6 Å². The molecule has 3 amide bonds. The van der Waals surface area contributed by atoms with Gasteiger partial charge in [-0.15, -0.1) is 11.3 Å². The fourth-order valence-electron chi connectivity index (χ4n) is 2.08. The number of urea groups is 1. The summed E-state index contributed by atoms with van der Waals surface area (Å²) in [5.41, 5.74) is -0.297. The van der Waals surface area contributed by atoms with Crippen LogP contribution in [0.15, 0.2) is 23.6 Å². The number of hydrogen-bond acceptors (Lipinski definition) is 3. The second-order valence-corrected chi connectivity index (χ2v) is 5.67. The van der Waals surface area contributed by atoms with Gasteiger partial charge in [0.15, 0.2) is 0 Å². The minimum atomic E-state index is -1.15. The second kappa shape index (κ2) is 6.41. The summed E-state index contributed by atoms with van der Waals surface area (Å²) < 4.78 is 41.1. The third kappa shape index (κ3) is 3.07. The summed E-state index contributed by atoms with van der Waals surface area (Å²) in [6.45, 7) is 1.61. The first-order valence-corrected chi connectivity index (χ1v) is 7.37. The van der Waals surface area contributed by atoms with Crippen molar-refractivity contribution in [3.8, 4) is 0 Å². The number of carbonyl (C=O) groups excluding carboxylic acids is 2. The van der Waals surface area contributed by atoms with Crippen molar-refractivity contribution in [2.45, 2.75) is 6.92 Å². The Morgan fingerprint density at radius 2 is 1.65 bits per heavy atom. The van der Waals surface area contributed by atoms with Gasteiger partial charge < -0.3 is 0 Å². The monoisotopic (exact) mass is 342 g/mol. The molecule has 0 aliphatic carbocycles. The molecule has 0 aliphatic rings. The highest BCUT2D eigenvalue weighted by Gasteiger charge is 2.29. The highest BCUT2D eigenvalue weighted by Crippen LogP contribution is 2.29. The van der Waals surface area contributed by atoms with E-state index in [9.17, 15) is 22.8 Å². The fourth-order valence-corrected chi connectivity index (χ4v) is 2.88. The van der Waals surface area contributed by atoms with Crippen LogP contribution in [0.2, 0.25) is 0 Å². The molecule has 4 nitrogen and oxygen atoms in total. The van der Waals surface area contributed by atoms with Gasteiger partial charge in [-0.25, -0.2) is 13.6 Å². The molecular formula is C15H13F3N2O2S. The van der Waals surface area contributed by atoms with E-state index in [1.165, 1.54) is 12.4 Å². The van der Waals surface area contributed by atoms with E-state index in [0.717, 1.165) is 41.5 Å². The maximum absolute atomic E-state index is 13.7. The van der Waals surface area contributed by atoms with Crippen LogP contribution in [0.4, 0.5) is 23.7 Å². The Morgan fingerprint density at radius 1 is 1.09 bits per heavy atom. The molecule has 0 fully saturated rings. The lowest BCUT2D eigenvalue weighted by Gasteiger charge is -2.24. The third-order valence-corrected chi connectivity index (χ3v) is 4.16. The van der Waals surface area contributed by atoms with Gasteiger partial charge in [0, 0.05) is 14.1 Å². The number of carbonyl (C=O) groups is 2. The number of rotatable bonds is 2. The minimum Gasteiger partial charge on any atom is -0.293 e. The van der Waals surface area contributed by atoms with Crippen LogP contribution < -0.4 is 4.90 Å². The number of aryl methyl sites for hydroxylation is 1. The first-order chi connectivity index (χ1) is 10.8. The normalized spacial score (nSPS) is 10.5. The zero-order chi connectivity index (χ0) is 17.3. The summed E-state index contributed by atoms with van der Waals surface area (Å²) in [5, 5.41) is 0.934. The molecule has 0 atom stereocenters. The molecule has 1 heterocycles. The van der Waals surface area contributed by atoms with Gasteiger partial charge >= 0.3 is 6.03 Å². The van der Waals surface area contributed by atoms with Gasteiger partial charge in [-0.3, -0.25) is 14.6 Å². The van der Waals surface area contributed by atoms with E-state index in [4.69, 9.17) is 0 Å². The molecule has 122 valence electrons. The van der Waals surface area contributed by atoms with Crippen LogP contribution in [0, 0.1) is 23.7 Å². The average molecular weight is 342 g/mol. The smallest absolute Gasteiger partial charge is 0.293 e. The molecule has 23 heavy (non-hydrogen) atoms. The Hall–Kier alpha value is -2.35. The van der Waals surface area contributed by atoms with Crippen LogP contribution in [0.5, 0.6) is 0 Å². The van der Waals surface area contributed by atoms with Crippen molar-refractivity contribution >= 4 is 29.0 Å². The number of thiophene rings is 1. The van der Waals surface area contributed by atoms with Crippen LogP contribution in [0.25, 0.3) is 0 Å². The van der Waals surface area contributed by atoms with E-state index < -0.39 is 34.3 Å². The third-order valence-electron chi connectivity index (χ3n) is 3.29.